The average Bonchev–Trinajstić information content (AvgIpc) is 3.49. The lowest BCUT2D eigenvalue weighted by Gasteiger charge is -2.08. The van der Waals surface area contributed by atoms with E-state index in [9.17, 15) is 10.1 Å². The molecular formula is C21H14N8O4. The van der Waals surface area contributed by atoms with Gasteiger partial charge in [-0.1, -0.05) is 30.3 Å². The summed E-state index contributed by atoms with van der Waals surface area (Å²) in [6, 6.07) is 19.0. The van der Waals surface area contributed by atoms with Crippen LogP contribution < -0.4 is 10.7 Å². The number of rotatable bonds is 7. The van der Waals surface area contributed by atoms with Crippen LogP contribution in [0.5, 0.6) is 0 Å². The minimum absolute atomic E-state index is 0.0180. The molecule has 0 atom stereocenters. The van der Waals surface area contributed by atoms with Gasteiger partial charge < -0.3 is 9.73 Å². The molecule has 0 aliphatic carbocycles. The van der Waals surface area contributed by atoms with Gasteiger partial charge in [0.1, 0.15) is 11.5 Å². The highest BCUT2D eigenvalue weighted by Crippen LogP contribution is 2.26. The van der Waals surface area contributed by atoms with E-state index in [2.05, 4.69) is 36.1 Å². The molecular weight excluding hydrogens is 428 g/mol. The molecule has 0 aliphatic rings. The zero-order valence-corrected chi connectivity index (χ0v) is 16.7. The first-order valence-corrected chi connectivity index (χ1v) is 9.62. The van der Waals surface area contributed by atoms with Gasteiger partial charge in [-0.05, 0) is 34.6 Å². The highest BCUT2D eigenvalue weighted by atomic mass is 16.6. The van der Waals surface area contributed by atoms with E-state index in [4.69, 9.17) is 9.05 Å². The number of fused-ring (bicyclic) bond motifs is 1. The molecule has 12 heteroatoms. The van der Waals surface area contributed by atoms with Crippen molar-refractivity contribution in [3.63, 3.8) is 0 Å². The lowest BCUT2D eigenvalue weighted by molar-refractivity contribution is -0.384. The number of anilines is 3. The number of nitro benzene ring substituents is 1. The molecule has 0 saturated carbocycles. The molecule has 5 aromatic rings. The monoisotopic (exact) mass is 442 g/mol. The second-order valence-electron chi connectivity index (χ2n) is 6.70. The highest BCUT2D eigenvalue weighted by Gasteiger charge is 2.13. The number of hydrogen-bond acceptors (Lipinski definition) is 11. The van der Waals surface area contributed by atoms with Crippen LogP contribution in [0.1, 0.15) is 5.76 Å². The first-order chi connectivity index (χ1) is 16.2. The molecule has 3 heterocycles. The van der Waals surface area contributed by atoms with Crippen LogP contribution >= 0.6 is 0 Å². The fourth-order valence-corrected chi connectivity index (χ4v) is 2.97. The van der Waals surface area contributed by atoms with E-state index in [1.165, 1.54) is 18.3 Å². The molecule has 2 aromatic carbocycles. The Balaban J connectivity index is 1.36. The molecule has 12 nitrogen and oxygen atoms in total. The molecule has 2 N–H and O–H groups in total. The number of nitrogens with zero attached hydrogens (tertiary/aromatic N) is 6. The fraction of sp³-hybridized carbons (Fsp3) is 0. The van der Waals surface area contributed by atoms with Gasteiger partial charge in [-0.3, -0.25) is 15.5 Å². The minimum atomic E-state index is -0.456. The van der Waals surface area contributed by atoms with E-state index in [0.717, 1.165) is 5.69 Å². The van der Waals surface area contributed by atoms with Crippen LogP contribution in [-0.4, -0.2) is 31.4 Å². The fourth-order valence-electron chi connectivity index (χ4n) is 2.97. The van der Waals surface area contributed by atoms with E-state index >= 15 is 0 Å². The molecule has 3 aromatic heterocycles. The Morgan fingerprint density at radius 1 is 0.939 bits per heavy atom. The lowest BCUT2D eigenvalue weighted by Crippen LogP contribution is -2.03. The van der Waals surface area contributed by atoms with Gasteiger partial charge in [-0.15, -0.1) is 0 Å². The Morgan fingerprint density at radius 2 is 1.73 bits per heavy atom. The number of hydrazone groups is 1. The molecule has 162 valence electrons. The maximum Gasteiger partial charge on any atom is 0.270 e. The molecule has 0 radical (unpaired) electrons. The van der Waals surface area contributed by atoms with Gasteiger partial charge in [0, 0.05) is 23.4 Å². The zero-order valence-electron chi connectivity index (χ0n) is 16.7. The summed E-state index contributed by atoms with van der Waals surface area (Å²) in [5, 5.41) is 25.7. The zero-order chi connectivity index (χ0) is 22.6. The standard InChI is InChI=1S/C21H14N8O4/c30-29(31)15-8-4-5-13(11-15)17-10-9-16(32-17)12-22-26-19-18(23-14-6-2-1-3-7-14)24-20-21(25-19)28-33-27-20/h1-12H,(H,23,24,27)(H,25,26,28)/b22-12-. The van der Waals surface area contributed by atoms with Crippen LogP contribution in [0.4, 0.5) is 23.0 Å². The Hall–Kier alpha value is -5.13. The summed E-state index contributed by atoms with van der Waals surface area (Å²) in [6.45, 7) is 0. The Morgan fingerprint density at radius 3 is 2.52 bits per heavy atom. The third-order valence-corrected chi connectivity index (χ3v) is 4.48. The summed E-state index contributed by atoms with van der Waals surface area (Å²) in [7, 11) is 0. The van der Waals surface area contributed by atoms with Crippen molar-refractivity contribution in [3.05, 3.63) is 82.6 Å². The summed E-state index contributed by atoms with van der Waals surface area (Å²) in [5.74, 6) is 1.57. The maximum atomic E-state index is 11.0. The SMILES string of the molecule is O=[N+]([O-])c1cccc(-c2ccc(/C=N\Nc3nc4nonc4nc3Nc3ccccc3)o2)c1. The largest absolute Gasteiger partial charge is 0.455 e. The number of nitro groups is 1. The summed E-state index contributed by atoms with van der Waals surface area (Å²) in [5.41, 5.74) is 4.64. The predicted molar refractivity (Wildman–Crippen MR) is 119 cm³/mol. The molecule has 0 bridgehead atoms. The van der Waals surface area contributed by atoms with Crippen molar-refractivity contribution in [2.45, 2.75) is 0 Å². The van der Waals surface area contributed by atoms with Crippen LogP contribution in [0.2, 0.25) is 0 Å². The number of aromatic nitrogens is 4. The topological polar surface area (TPSA) is 157 Å². The molecule has 0 spiro atoms. The molecule has 0 saturated heterocycles. The van der Waals surface area contributed by atoms with Crippen molar-refractivity contribution in [1.82, 2.24) is 20.3 Å². The summed E-state index contributed by atoms with van der Waals surface area (Å²) in [6.07, 6.45) is 1.44. The van der Waals surface area contributed by atoms with Gasteiger partial charge in [0.2, 0.25) is 11.3 Å². The number of furan rings is 1. The van der Waals surface area contributed by atoms with Gasteiger partial charge in [-0.2, -0.15) is 10.1 Å². The van der Waals surface area contributed by atoms with Crippen LogP contribution in [0.15, 0.2) is 80.9 Å². The second-order valence-corrected chi connectivity index (χ2v) is 6.70. The van der Waals surface area contributed by atoms with Crippen molar-refractivity contribution in [1.29, 1.82) is 0 Å². The van der Waals surface area contributed by atoms with Gasteiger partial charge in [0.05, 0.1) is 11.1 Å². The van der Waals surface area contributed by atoms with Gasteiger partial charge in [-0.25, -0.2) is 9.61 Å². The van der Waals surface area contributed by atoms with E-state index in [0.29, 0.717) is 28.7 Å². The van der Waals surface area contributed by atoms with E-state index in [1.54, 1.807) is 24.3 Å². The van der Waals surface area contributed by atoms with Crippen LogP contribution in [0.3, 0.4) is 0 Å². The molecule has 5 rings (SSSR count). The van der Waals surface area contributed by atoms with Crippen molar-refractivity contribution < 1.29 is 14.0 Å². The summed E-state index contributed by atoms with van der Waals surface area (Å²) in [4.78, 5) is 19.2. The lowest BCUT2D eigenvalue weighted by atomic mass is 10.1. The van der Waals surface area contributed by atoms with E-state index in [-0.39, 0.29) is 17.0 Å². The molecule has 33 heavy (non-hydrogen) atoms. The van der Waals surface area contributed by atoms with Gasteiger partial charge in [0.25, 0.3) is 5.69 Å². The normalized spacial score (nSPS) is 11.2. The Bertz CT molecular complexity index is 1460. The average molecular weight is 442 g/mol. The molecule has 0 aliphatic heterocycles. The van der Waals surface area contributed by atoms with E-state index in [1.807, 2.05) is 30.3 Å². The van der Waals surface area contributed by atoms with Crippen LogP contribution in [0, 0.1) is 10.1 Å². The highest BCUT2D eigenvalue weighted by molar-refractivity contribution is 5.80. The Kier molecular flexibility index (Phi) is 5.13. The quantitative estimate of drug-likeness (QED) is 0.211. The van der Waals surface area contributed by atoms with Crippen LogP contribution in [-0.2, 0) is 0 Å². The second kappa shape index (κ2) is 8.55. The maximum absolute atomic E-state index is 11.0. The smallest absolute Gasteiger partial charge is 0.270 e. The number of nitrogens with one attached hydrogen (secondary N) is 2. The van der Waals surface area contributed by atoms with Gasteiger partial charge in [0.15, 0.2) is 11.6 Å². The first kappa shape index (κ1) is 19.8. The predicted octanol–water partition coefficient (Wildman–Crippen LogP) is 4.37. The van der Waals surface area contributed by atoms with Crippen molar-refractivity contribution >= 4 is 40.5 Å². The Labute approximate surface area is 185 Å². The number of para-hydroxylation sites is 1. The van der Waals surface area contributed by atoms with Crippen molar-refractivity contribution in [2.75, 3.05) is 10.7 Å². The first-order valence-electron chi connectivity index (χ1n) is 9.62. The third-order valence-electron chi connectivity index (χ3n) is 4.48. The van der Waals surface area contributed by atoms with Crippen molar-refractivity contribution in [3.8, 4) is 11.3 Å². The number of hydrogen-bond donors (Lipinski definition) is 2. The third kappa shape index (κ3) is 4.34. The molecule has 0 unspecified atom stereocenters. The van der Waals surface area contributed by atoms with E-state index < -0.39 is 4.92 Å². The molecule has 0 amide bonds. The number of non-ortho nitro benzene ring substituents is 1. The van der Waals surface area contributed by atoms with Gasteiger partial charge >= 0.3 is 0 Å². The van der Waals surface area contributed by atoms with Crippen molar-refractivity contribution in [2.24, 2.45) is 5.10 Å². The number of benzene rings is 2. The van der Waals surface area contributed by atoms with Crippen LogP contribution in [0.25, 0.3) is 22.6 Å². The summed E-state index contributed by atoms with van der Waals surface area (Å²) >= 11 is 0. The summed E-state index contributed by atoms with van der Waals surface area (Å²) < 4.78 is 10.4. The molecule has 0 fully saturated rings. The minimum Gasteiger partial charge on any atom is -0.455 e.